The number of carbonyl (C=O) groups is 1. The zero-order valence-electron chi connectivity index (χ0n) is 14.9. The molecule has 2 heterocycles. The van der Waals surface area contributed by atoms with E-state index in [-0.39, 0.29) is 6.08 Å². The van der Waals surface area contributed by atoms with Crippen molar-refractivity contribution in [1.29, 1.82) is 0 Å². The van der Waals surface area contributed by atoms with E-state index >= 15 is 0 Å². The van der Waals surface area contributed by atoms with Crippen LogP contribution >= 0.6 is 11.6 Å². The molecule has 1 aliphatic rings. The van der Waals surface area contributed by atoms with Crippen LogP contribution in [-0.2, 0) is 11.2 Å². The van der Waals surface area contributed by atoms with Crippen LogP contribution in [0.25, 0.3) is 10.9 Å². The summed E-state index contributed by atoms with van der Waals surface area (Å²) in [6.45, 7) is 0.701. The van der Waals surface area contributed by atoms with Gasteiger partial charge in [-0.15, -0.1) is 0 Å². The minimum Gasteiger partial charge on any atom is -0.325 e. The molecule has 3 aromatic rings. The second-order valence-corrected chi connectivity index (χ2v) is 6.90. The average Bonchev–Trinajstić information content (AvgIpc) is 3.08. The first-order chi connectivity index (χ1) is 13.8. The zero-order valence-corrected chi connectivity index (χ0v) is 15.6. The molecule has 0 spiro atoms. The van der Waals surface area contributed by atoms with Gasteiger partial charge in [0.2, 0.25) is 5.91 Å². The summed E-state index contributed by atoms with van der Waals surface area (Å²) in [7, 11) is 0. The molecule has 2 aromatic carbocycles. The number of benzene rings is 2. The molecule has 148 valence electrons. The van der Waals surface area contributed by atoms with Gasteiger partial charge in [0, 0.05) is 40.5 Å². The summed E-state index contributed by atoms with van der Waals surface area (Å²) >= 11 is 6.15. The quantitative estimate of drug-likeness (QED) is 0.606. The number of alkyl halides is 3. The number of hydrogen-bond donors (Lipinski definition) is 1. The fourth-order valence-corrected chi connectivity index (χ4v) is 3.43. The number of halogens is 4. The Labute approximate surface area is 168 Å². The third kappa shape index (κ3) is 4.17. The van der Waals surface area contributed by atoms with Crippen molar-refractivity contribution in [3.05, 3.63) is 65.5 Å². The van der Waals surface area contributed by atoms with E-state index in [4.69, 9.17) is 11.6 Å². The maximum Gasteiger partial charge on any atom is 0.409 e. The monoisotopic (exact) mass is 418 g/mol. The molecule has 1 aromatic heterocycles. The second-order valence-electron chi connectivity index (χ2n) is 6.47. The van der Waals surface area contributed by atoms with Crippen LogP contribution in [0.15, 0.2) is 54.9 Å². The minimum absolute atomic E-state index is 0.108. The van der Waals surface area contributed by atoms with E-state index in [9.17, 15) is 18.0 Å². The van der Waals surface area contributed by atoms with Crippen LogP contribution in [0.3, 0.4) is 0 Å². The molecule has 1 N–H and O–H groups in total. The molecular weight excluding hydrogens is 405 g/mol. The van der Waals surface area contributed by atoms with Gasteiger partial charge in [0.25, 0.3) is 0 Å². The minimum atomic E-state index is -4.55. The second kappa shape index (κ2) is 7.36. The highest BCUT2D eigenvalue weighted by Crippen LogP contribution is 2.38. The van der Waals surface area contributed by atoms with E-state index in [0.29, 0.717) is 40.1 Å². The van der Waals surface area contributed by atoms with Crippen LogP contribution in [0.1, 0.15) is 5.56 Å². The Morgan fingerprint density at radius 2 is 2.00 bits per heavy atom. The number of hydrogen-bond acceptors (Lipinski definition) is 4. The predicted octanol–water partition coefficient (Wildman–Crippen LogP) is 5.03. The largest absolute Gasteiger partial charge is 0.409 e. The summed E-state index contributed by atoms with van der Waals surface area (Å²) in [6, 6.07) is 10.6. The number of nitrogens with one attached hydrogen (secondary N) is 1. The van der Waals surface area contributed by atoms with Gasteiger partial charge in [-0.1, -0.05) is 17.7 Å². The molecule has 29 heavy (non-hydrogen) atoms. The highest BCUT2D eigenvalue weighted by Gasteiger charge is 2.24. The van der Waals surface area contributed by atoms with Crippen LogP contribution in [0.4, 0.5) is 30.4 Å². The van der Waals surface area contributed by atoms with Gasteiger partial charge < -0.3 is 10.2 Å². The fourth-order valence-electron chi connectivity index (χ4n) is 3.26. The highest BCUT2D eigenvalue weighted by molar-refractivity contribution is 6.31. The lowest BCUT2D eigenvalue weighted by atomic mass is 10.1. The Morgan fingerprint density at radius 1 is 1.17 bits per heavy atom. The van der Waals surface area contributed by atoms with Gasteiger partial charge in [-0.25, -0.2) is 9.97 Å². The van der Waals surface area contributed by atoms with Crippen molar-refractivity contribution in [1.82, 2.24) is 9.97 Å². The summed E-state index contributed by atoms with van der Waals surface area (Å²) < 4.78 is 36.7. The molecule has 4 rings (SSSR count). The van der Waals surface area contributed by atoms with Gasteiger partial charge in [0.05, 0.1) is 5.52 Å². The van der Waals surface area contributed by atoms with E-state index in [2.05, 4.69) is 15.3 Å². The van der Waals surface area contributed by atoms with Gasteiger partial charge in [0.15, 0.2) is 0 Å². The molecule has 9 heteroatoms. The number of rotatable bonds is 3. The first-order valence-electron chi connectivity index (χ1n) is 8.68. The van der Waals surface area contributed by atoms with Gasteiger partial charge >= 0.3 is 6.18 Å². The molecular formula is C20H14ClF3N4O. The molecule has 5 nitrogen and oxygen atoms in total. The number of aromatic nitrogens is 2. The van der Waals surface area contributed by atoms with Crippen LogP contribution in [0, 0.1) is 0 Å². The number of amides is 1. The van der Waals surface area contributed by atoms with E-state index in [1.807, 2.05) is 23.1 Å². The zero-order chi connectivity index (χ0) is 20.6. The maximum absolute atomic E-state index is 12.2. The van der Waals surface area contributed by atoms with Crippen LogP contribution < -0.4 is 10.2 Å². The number of carbonyl (C=O) groups excluding carboxylic acids is 1. The van der Waals surface area contributed by atoms with E-state index in [1.165, 1.54) is 6.33 Å². The molecule has 0 aliphatic carbocycles. The molecule has 0 radical (unpaired) electrons. The van der Waals surface area contributed by atoms with E-state index in [0.717, 1.165) is 17.7 Å². The van der Waals surface area contributed by atoms with Crippen LogP contribution in [-0.4, -0.2) is 28.6 Å². The van der Waals surface area contributed by atoms with Crippen molar-refractivity contribution >= 4 is 45.6 Å². The third-order valence-electron chi connectivity index (χ3n) is 4.50. The fraction of sp³-hybridized carbons (Fsp3) is 0.150. The highest BCUT2D eigenvalue weighted by atomic mass is 35.5. The number of anilines is 3. The number of nitrogens with zero attached hydrogens (tertiary/aromatic N) is 3. The summed E-state index contributed by atoms with van der Waals surface area (Å²) in [5.74, 6) is -0.240. The van der Waals surface area contributed by atoms with Crippen molar-refractivity contribution in [2.75, 3.05) is 16.8 Å². The molecule has 0 bridgehead atoms. The lowest BCUT2D eigenvalue weighted by Gasteiger charge is -2.20. The van der Waals surface area contributed by atoms with Gasteiger partial charge in [0.1, 0.15) is 12.1 Å². The standard InChI is InChI=1S/C20H14ClF3N4O/c21-13-2-1-12-6-8-28(17(12)9-13)19-15-10-14(3-4-16(15)25-11-26-19)27-18(29)5-7-20(22,23)24/h1-5,7,9-11H,6,8H2,(H,27,29)/b7-5+. The van der Waals surface area contributed by atoms with Crippen molar-refractivity contribution in [2.45, 2.75) is 12.6 Å². The maximum atomic E-state index is 12.2. The Bertz CT molecular complexity index is 1130. The molecule has 1 aliphatic heterocycles. The number of fused-ring (bicyclic) bond motifs is 2. The van der Waals surface area contributed by atoms with Crippen LogP contribution in [0.2, 0.25) is 5.02 Å². The summed E-state index contributed by atoms with van der Waals surface area (Å²) in [6.07, 6.45) is -1.93. The average molecular weight is 419 g/mol. The molecule has 0 unspecified atom stereocenters. The first-order valence-corrected chi connectivity index (χ1v) is 9.06. The molecule has 0 fully saturated rings. The Kier molecular flexibility index (Phi) is 4.87. The first kappa shape index (κ1) is 19.2. The summed E-state index contributed by atoms with van der Waals surface area (Å²) in [4.78, 5) is 22.4. The summed E-state index contributed by atoms with van der Waals surface area (Å²) in [5.41, 5.74) is 3.08. The van der Waals surface area contributed by atoms with Crippen molar-refractivity contribution in [3.63, 3.8) is 0 Å². The Hall–Kier alpha value is -3.13. The molecule has 1 amide bonds. The van der Waals surface area contributed by atoms with Gasteiger partial charge in [-0.3, -0.25) is 4.79 Å². The molecule has 0 atom stereocenters. The molecule has 0 saturated carbocycles. The normalized spacial score (nSPS) is 13.9. The van der Waals surface area contributed by atoms with E-state index in [1.54, 1.807) is 18.2 Å². The summed E-state index contributed by atoms with van der Waals surface area (Å²) in [5, 5.41) is 3.71. The Morgan fingerprint density at radius 3 is 2.79 bits per heavy atom. The van der Waals surface area contributed by atoms with Gasteiger partial charge in [-0.05, 0) is 42.3 Å². The van der Waals surface area contributed by atoms with Gasteiger partial charge in [-0.2, -0.15) is 13.2 Å². The topological polar surface area (TPSA) is 58.1 Å². The lowest BCUT2D eigenvalue weighted by Crippen LogP contribution is -2.15. The third-order valence-corrected chi connectivity index (χ3v) is 4.74. The van der Waals surface area contributed by atoms with Crippen molar-refractivity contribution in [2.24, 2.45) is 0 Å². The smallest absolute Gasteiger partial charge is 0.325 e. The van der Waals surface area contributed by atoms with Crippen molar-refractivity contribution in [3.8, 4) is 0 Å². The lowest BCUT2D eigenvalue weighted by molar-refractivity contribution is -0.112. The van der Waals surface area contributed by atoms with Crippen LogP contribution in [0.5, 0.6) is 0 Å². The predicted molar refractivity (Wildman–Crippen MR) is 106 cm³/mol. The molecule has 0 saturated heterocycles. The number of allylic oxidation sites excluding steroid dienone is 1. The van der Waals surface area contributed by atoms with E-state index < -0.39 is 12.1 Å². The SMILES string of the molecule is O=C(/C=C/C(F)(F)F)Nc1ccc2ncnc(N3CCc4ccc(Cl)cc43)c2c1. The Balaban J connectivity index is 1.69. The van der Waals surface area contributed by atoms with Crippen molar-refractivity contribution < 1.29 is 18.0 Å².